The van der Waals surface area contributed by atoms with Gasteiger partial charge in [0.1, 0.15) is 11.5 Å². The zero-order valence-corrected chi connectivity index (χ0v) is 17.3. The highest BCUT2D eigenvalue weighted by Crippen LogP contribution is 2.33. The van der Waals surface area contributed by atoms with Gasteiger partial charge >= 0.3 is 0 Å². The molecule has 0 fully saturated rings. The Bertz CT molecular complexity index is 899. The third kappa shape index (κ3) is 4.68. The molecule has 1 atom stereocenters. The molecule has 0 aromatic heterocycles. The molecule has 7 nitrogen and oxygen atoms in total. The normalized spacial score (nSPS) is 15.5. The van der Waals surface area contributed by atoms with Crippen LogP contribution < -0.4 is 19.7 Å². The van der Waals surface area contributed by atoms with Gasteiger partial charge < -0.3 is 19.7 Å². The van der Waals surface area contributed by atoms with E-state index in [-0.39, 0.29) is 24.9 Å². The average Bonchev–Trinajstić information content (AvgIpc) is 2.72. The van der Waals surface area contributed by atoms with Crippen molar-refractivity contribution >= 4 is 17.5 Å². The van der Waals surface area contributed by atoms with Gasteiger partial charge in [0, 0.05) is 19.2 Å². The predicted octanol–water partition coefficient (Wildman–Crippen LogP) is 1.98. The van der Waals surface area contributed by atoms with E-state index >= 15 is 0 Å². The molecule has 29 heavy (non-hydrogen) atoms. The summed E-state index contributed by atoms with van der Waals surface area (Å²) in [4.78, 5) is 28.8. The van der Waals surface area contributed by atoms with Gasteiger partial charge in [0.05, 0.1) is 25.9 Å². The summed E-state index contributed by atoms with van der Waals surface area (Å²) >= 11 is 0. The van der Waals surface area contributed by atoms with Crippen molar-refractivity contribution in [1.82, 2.24) is 10.2 Å². The van der Waals surface area contributed by atoms with E-state index in [2.05, 4.69) is 11.4 Å². The van der Waals surface area contributed by atoms with Crippen LogP contribution in [0.5, 0.6) is 11.5 Å². The Morgan fingerprint density at radius 2 is 2.03 bits per heavy atom. The van der Waals surface area contributed by atoms with Gasteiger partial charge in [0.15, 0.2) is 6.10 Å². The maximum absolute atomic E-state index is 13.1. The fraction of sp³-hybridized carbons (Fsp3) is 0.364. The van der Waals surface area contributed by atoms with E-state index in [0.29, 0.717) is 18.0 Å². The number of amides is 2. The number of hydrogen-bond donors (Lipinski definition) is 1. The molecule has 0 saturated heterocycles. The second kappa shape index (κ2) is 8.96. The molecule has 1 aliphatic rings. The lowest BCUT2D eigenvalue weighted by molar-refractivity contribution is -0.128. The van der Waals surface area contributed by atoms with Crippen molar-refractivity contribution in [1.29, 1.82) is 0 Å². The van der Waals surface area contributed by atoms with Gasteiger partial charge in [-0.2, -0.15) is 0 Å². The number of fused-ring (bicyclic) bond motifs is 1. The van der Waals surface area contributed by atoms with Gasteiger partial charge in [0.2, 0.25) is 5.91 Å². The van der Waals surface area contributed by atoms with Crippen LogP contribution in [0.2, 0.25) is 0 Å². The molecule has 1 heterocycles. The highest BCUT2D eigenvalue weighted by molar-refractivity contribution is 5.98. The first kappa shape index (κ1) is 20.7. The van der Waals surface area contributed by atoms with Crippen LogP contribution in [0.1, 0.15) is 11.1 Å². The molecule has 0 spiro atoms. The summed E-state index contributed by atoms with van der Waals surface area (Å²) in [5.74, 6) is 0.980. The van der Waals surface area contributed by atoms with Gasteiger partial charge in [-0.05, 0) is 32.2 Å². The first-order chi connectivity index (χ1) is 13.9. The average molecular weight is 397 g/mol. The molecule has 1 unspecified atom stereocenters. The zero-order valence-electron chi connectivity index (χ0n) is 17.3. The smallest absolute Gasteiger partial charge is 0.262 e. The molecule has 0 bridgehead atoms. The van der Waals surface area contributed by atoms with Gasteiger partial charge in [-0.1, -0.05) is 29.8 Å². The number of nitrogens with zero attached hydrogens (tertiary/aromatic N) is 2. The summed E-state index contributed by atoms with van der Waals surface area (Å²) in [5.41, 5.74) is 2.84. The van der Waals surface area contributed by atoms with Crippen LogP contribution in [0.15, 0.2) is 42.5 Å². The SMILES string of the molecule is CNC(=O)C1CN(C(=O)CN(C)Cc2cc(C)ccc2OC)c2ccccc2O1. The zero-order chi connectivity index (χ0) is 21.0. The van der Waals surface area contributed by atoms with Gasteiger partial charge in [-0.15, -0.1) is 0 Å². The molecule has 0 aliphatic carbocycles. The number of methoxy groups -OCH3 is 1. The van der Waals surface area contributed by atoms with E-state index in [4.69, 9.17) is 9.47 Å². The summed E-state index contributed by atoms with van der Waals surface area (Å²) in [6, 6.07) is 13.3. The molecule has 1 N–H and O–H groups in total. The molecular weight excluding hydrogens is 370 g/mol. The third-order valence-corrected chi connectivity index (χ3v) is 4.89. The molecule has 2 amide bonds. The van der Waals surface area contributed by atoms with Crippen molar-refractivity contribution in [2.75, 3.05) is 39.2 Å². The fourth-order valence-electron chi connectivity index (χ4n) is 3.46. The monoisotopic (exact) mass is 397 g/mol. The molecule has 3 rings (SSSR count). The van der Waals surface area contributed by atoms with Crippen molar-refractivity contribution in [2.45, 2.75) is 19.6 Å². The van der Waals surface area contributed by atoms with Crippen molar-refractivity contribution in [3.05, 3.63) is 53.6 Å². The molecule has 0 saturated carbocycles. The number of para-hydroxylation sites is 2. The van der Waals surface area contributed by atoms with E-state index in [0.717, 1.165) is 16.9 Å². The van der Waals surface area contributed by atoms with E-state index in [1.165, 1.54) is 0 Å². The summed E-state index contributed by atoms with van der Waals surface area (Å²) < 4.78 is 11.2. The maximum atomic E-state index is 13.1. The van der Waals surface area contributed by atoms with Crippen LogP contribution in [0.3, 0.4) is 0 Å². The quantitative estimate of drug-likeness (QED) is 0.807. The first-order valence-electron chi connectivity index (χ1n) is 9.52. The number of benzene rings is 2. The molecule has 0 radical (unpaired) electrons. The van der Waals surface area contributed by atoms with Crippen LogP contribution in [0.4, 0.5) is 5.69 Å². The minimum absolute atomic E-state index is 0.0937. The van der Waals surface area contributed by atoms with E-state index in [1.54, 1.807) is 25.1 Å². The number of nitrogens with one attached hydrogen (secondary N) is 1. The standard InChI is InChI=1S/C22H27N3O4/c1-15-9-10-18(28-4)16(11-15)12-24(3)14-21(26)25-13-20(22(27)23-2)29-19-8-6-5-7-17(19)25/h5-11,20H,12-14H2,1-4H3,(H,23,27). The number of anilines is 1. The number of carbonyl (C=O) groups is 2. The minimum atomic E-state index is -0.735. The van der Waals surface area contributed by atoms with Gasteiger partial charge in [-0.3, -0.25) is 14.5 Å². The second-order valence-corrected chi connectivity index (χ2v) is 7.18. The minimum Gasteiger partial charge on any atom is -0.496 e. The Morgan fingerprint density at radius 3 is 2.76 bits per heavy atom. The Hall–Kier alpha value is -3.06. The van der Waals surface area contributed by atoms with Crippen LogP contribution in [0.25, 0.3) is 0 Å². The van der Waals surface area contributed by atoms with E-state index < -0.39 is 6.10 Å². The summed E-state index contributed by atoms with van der Waals surface area (Å²) in [7, 11) is 5.09. The topological polar surface area (TPSA) is 71.1 Å². The third-order valence-electron chi connectivity index (χ3n) is 4.89. The summed E-state index contributed by atoms with van der Waals surface area (Å²) in [6.45, 7) is 2.97. The molecule has 1 aliphatic heterocycles. The molecular formula is C22H27N3O4. The number of aryl methyl sites for hydroxylation is 1. The van der Waals surface area contributed by atoms with Crippen LogP contribution in [0, 0.1) is 6.92 Å². The Balaban J connectivity index is 1.75. The van der Waals surface area contributed by atoms with Crippen LogP contribution in [-0.2, 0) is 16.1 Å². The lowest BCUT2D eigenvalue weighted by Gasteiger charge is -2.34. The first-order valence-corrected chi connectivity index (χ1v) is 9.52. The maximum Gasteiger partial charge on any atom is 0.262 e. The van der Waals surface area contributed by atoms with Crippen LogP contribution in [-0.4, -0.2) is 57.1 Å². The van der Waals surface area contributed by atoms with Crippen LogP contribution >= 0.6 is 0 Å². The van der Waals surface area contributed by atoms with E-state index in [1.807, 2.05) is 49.2 Å². The molecule has 2 aromatic carbocycles. The van der Waals surface area contributed by atoms with Gasteiger partial charge in [-0.25, -0.2) is 0 Å². The van der Waals surface area contributed by atoms with Crippen molar-refractivity contribution in [2.24, 2.45) is 0 Å². The van der Waals surface area contributed by atoms with Crippen molar-refractivity contribution in [3.63, 3.8) is 0 Å². The highest BCUT2D eigenvalue weighted by Gasteiger charge is 2.33. The van der Waals surface area contributed by atoms with Crippen molar-refractivity contribution in [3.8, 4) is 11.5 Å². The Labute approximate surface area is 171 Å². The second-order valence-electron chi connectivity index (χ2n) is 7.18. The summed E-state index contributed by atoms with van der Waals surface area (Å²) in [5, 5.41) is 2.59. The molecule has 2 aromatic rings. The number of likely N-dealkylation sites (N-methyl/N-ethyl adjacent to an activating group) is 2. The number of ether oxygens (including phenoxy) is 2. The van der Waals surface area contributed by atoms with Gasteiger partial charge in [0.25, 0.3) is 5.91 Å². The Kier molecular flexibility index (Phi) is 6.39. The number of rotatable bonds is 6. The van der Waals surface area contributed by atoms with Crippen molar-refractivity contribution < 1.29 is 19.1 Å². The summed E-state index contributed by atoms with van der Waals surface area (Å²) in [6.07, 6.45) is -0.735. The van der Waals surface area contributed by atoms with E-state index in [9.17, 15) is 9.59 Å². The lowest BCUT2D eigenvalue weighted by Crippen LogP contribution is -2.51. The lowest BCUT2D eigenvalue weighted by atomic mass is 10.1. The highest BCUT2D eigenvalue weighted by atomic mass is 16.5. The molecule has 7 heteroatoms. The predicted molar refractivity (Wildman–Crippen MR) is 111 cm³/mol. The largest absolute Gasteiger partial charge is 0.496 e. The number of hydrogen-bond acceptors (Lipinski definition) is 5. The fourth-order valence-corrected chi connectivity index (χ4v) is 3.46. The number of carbonyl (C=O) groups excluding carboxylic acids is 2. The molecule has 154 valence electrons. The Morgan fingerprint density at radius 1 is 1.28 bits per heavy atom.